The van der Waals surface area contributed by atoms with Crippen LogP contribution in [0.15, 0.2) is 18.2 Å². The first-order chi connectivity index (χ1) is 9.41. The van der Waals surface area contributed by atoms with Gasteiger partial charge in [-0.3, -0.25) is 9.59 Å². The molecule has 0 aliphatic heterocycles. The number of phenolic OH excluding ortho intramolecular Hbond substituents is 1. The van der Waals surface area contributed by atoms with E-state index in [4.69, 9.17) is 5.11 Å². The number of benzene rings is 1. The molecule has 0 saturated heterocycles. The molecule has 0 spiro atoms. The Labute approximate surface area is 118 Å². The molecule has 0 aliphatic carbocycles. The molecule has 0 fully saturated rings. The minimum Gasteiger partial charge on any atom is -0.507 e. The summed E-state index contributed by atoms with van der Waals surface area (Å²) in [6.45, 7) is 4.16. The zero-order valence-electron chi connectivity index (χ0n) is 11.8. The predicted octanol–water partition coefficient (Wildman–Crippen LogP) is 2.32. The van der Waals surface area contributed by atoms with Crippen molar-refractivity contribution in [3.8, 4) is 5.75 Å². The van der Waals surface area contributed by atoms with Crippen molar-refractivity contribution in [2.24, 2.45) is 5.92 Å². The van der Waals surface area contributed by atoms with Gasteiger partial charge in [0.2, 0.25) is 0 Å². The Morgan fingerprint density at radius 3 is 2.65 bits per heavy atom. The Kier molecular flexibility index (Phi) is 6.03. The van der Waals surface area contributed by atoms with Crippen LogP contribution in [0.25, 0.3) is 0 Å². The van der Waals surface area contributed by atoms with E-state index >= 15 is 0 Å². The van der Waals surface area contributed by atoms with Crippen LogP contribution in [0.4, 0.5) is 0 Å². The summed E-state index contributed by atoms with van der Waals surface area (Å²) in [5, 5.41) is 21.1. The van der Waals surface area contributed by atoms with Gasteiger partial charge in [-0.1, -0.05) is 19.1 Å². The maximum absolute atomic E-state index is 11.9. The second-order valence-electron chi connectivity index (χ2n) is 5.05. The van der Waals surface area contributed by atoms with Crippen molar-refractivity contribution in [3.05, 3.63) is 29.3 Å². The summed E-state index contributed by atoms with van der Waals surface area (Å²) in [6, 6.07) is 5.03. The second kappa shape index (κ2) is 7.53. The van der Waals surface area contributed by atoms with Gasteiger partial charge in [0, 0.05) is 13.0 Å². The first-order valence-electron chi connectivity index (χ1n) is 6.70. The van der Waals surface area contributed by atoms with Crippen LogP contribution in [0.5, 0.6) is 5.75 Å². The van der Waals surface area contributed by atoms with Crippen LogP contribution in [-0.4, -0.2) is 28.6 Å². The van der Waals surface area contributed by atoms with Gasteiger partial charge in [0.25, 0.3) is 5.91 Å². The van der Waals surface area contributed by atoms with Gasteiger partial charge in [-0.2, -0.15) is 0 Å². The standard InChI is InChI=1S/C15H21NO4/c1-10(6-7-13(17)18)8-9-16-15(20)12-5-3-4-11(2)14(12)19/h3-5,10,19H,6-9H2,1-2H3,(H,16,20)(H,17,18). The maximum atomic E-state index is 11.9. The molecule has 0 aliphatic rings. The molecule has 0 saturated carbocycles. The molecular formula is C15H21NO4. The molecule has 20 heavy (non-hydrogen) atoms. The second-order valence-corrected chi connectivity index (χ2v) is 5.05. The SMILES string of the molecule is Cc1cccc(C(=O)NCCC(C)CCC(=O)O)c1O. The average molecular weight is 279 g/mol. The van der Waals surface area contributed by atoms with Crippen LogP contribution in [0.2, 0.25) is 0 Å². The van der Waals surface area contributed by atoms with Crippen LogP contribution in [0, 0.1) is 12.8 Å². The number of carbonyl (C=O) groups excluding carboxylic acids is 1. The lowest BCUT2D eigenvalue weighted by Crippen LogP contribution is -2.25. The monoisotopic (exact) mass is 279 g/mol. The number of hydrogen-bond acceptors (Lipinski definition) is 3. The highest BCUT2D eigenvalue weighted by Gasteiger charge is 2.12. The van der Waals surface area contributed by atoms with E-state index in [0.29, 0.717) is 24.9 Å². The Balaban J connectivity index is 2.40. The number of phenols is 1. The Morgan fingerprint density at radius 2 is 2.00 bits per heavy atom. The summed E-state index contributed by atoms with van der Waals surface area (Å²) in [5.74, 6) is -0.872. The lowest BCUT2D eigenvalue weighted by molar-refractivity contribution is -0.137. The number of aryl methyl sites for hydroxylation is 1. The third-order valence-corrected chi connectivity index (χ3v) is 3.26. The van der Waals surface area contributed by atoms with Gasteiger partial charge in [-0.25, -0.2) is 0 Å². The van der Waals surface area contributed by atoms with Gasteiger partial charge in [0.05, 0.1) is 5.56 Å². The summed E-state index contributed by atoms with van der Waals surface area (Å²) >= 11 is 0. The molecule has 1 unspecified atom stereocenters. The molecule has 1 aromatic carbocycles. The fraction of sp³-hybridized carbons (Fsp3) is 0.467. The number of nitrogens with one attached hydrogen (secondary N) is 1. The van der Waals surface area contributed by atoms with E-state index < -0.39 is 5.97 Å². The van der Waals surface area contributed by atoms with Gasteiger partial charge in [0.1, 0.15) is 5.75 Å². The summed E-state index contributed by atoms with van der Waals surface area (Å²) in [4.78, 5) is 22.3. The fourth-order valence-electron chi connectivity index (χ4n) is 1.88. The summed E-state index contributed by atoms with van der Waals surface area (Å²) in [7, 11) is 0. The van der Waals surface area contributed by atoms with E-state index in [9.17, 15) is 14.7 Å². The third-order valence-electron chi connectivity index (χ3n) is 3.26. The molecule has 1 rings (SSSR count). The molecule has 0 heterocycles. The number of hydrogen-bond donors (Lipinski definition) is 3. The summed E-state index contributed by atoms with van der Waals surface area (Å²) < 4.78 is 0. The van der Waals surface area contributed by atoms with Crippen LogP contribution >= 0.6 is 0 Å². The number of carboxylic acid groups (broad SMARTS) is 1. The van der Waals surface area contributed by atoms with E-state index in [1.54, 1.807) is 25.1 Å². The zero-order valence-corrected chi connectivity index (χ0v) is 11.8. The zero-order chi connectivity index (χ0) is 15.1. The smallest absolute Gasteiger partial charge is 0.303 e. The van der Waals surface area contributed by atoms with E-state index in [-0.39, 0.29) is 29.6 Å². The van der Waals surface area contributed by atoms with Crippen LogP contribution in [0.3, 0.4) is 0 Å². The first kappa shape index (κ1) is 16.0. The van der Waals surface area contributed by atoms with Gasteiger partial charge < -0.3 is 15.5 Å². The van der Waals surface area contributed by atoms with Crippen molar-refractivity contribution in [2.45, 2.75) is 33.1 Å². The number of rotatable bonds is 7. The van der Waals surface area contributed by atoms with Crippen molar-refractivity contribution >= 4 is 11.9 Å². The molecule has 0 radical (unpaired) electrons. The molecule has 110 valence electrons. The number of aliphatic carboxylic acids is 1. The van der Waals surface area contributed by atoms with Crippen LogP contribution in [0.1, 0.15) is 42.1 Å². The lowest BCUT2D eigenvalue weighted by Gasteiger charge is -2.11. The number of para-hydroxylation sites is 1. The molecule has 3 N–H and O–H groups in total. The van der Waals surface area contributed by atoms with Crippen molar-refractivity contribution in [2.75, 3.05) is 6.54 Å². The molecule has 1 atom stereocenters. The minimum absolute atomic E-state index is 0.00363. The number of aromatic hydroxyl groups is 1. The quantitative estimate of drug-likeness (QED) is 0.715. The number of carbonyl (C=O) groups is 2. The summed E-state index contributed by atoms with van der Waals surface area (Å²) in [5.41, 5.74) is 0.927. The highest BCUT2D eigenvalue weighted by molar-refractivity contribution is 5.97. The van der Waals surface area contributed by atoms with Crippen molar-refractivity contribution in [3.63, 3.8) is 0 Å². The average Bonchev–Trinajstić information content (AvgIpc) is 2.39. The number of carboxylic acids is 1. The maximum Gasteiger partial charge on any atom is 0.303 e. The first-order valence-corrected chi connectivity index (χ1v) is 6.70. The molecular weight excluding hydrogens is 258 g/mol. The fourth-order valence-corrected chi connectivity index (χ4v) is 1.88. The highest BCUT2D eigenvalue weighted by Crippen LogP contribution is 2.21. The highest BCUT2D eigenvalue weighted by atomic mass is 16.4. The molecule has 1 aromatic rings. The van der Waals surface area contributed by atoms with Crippen LogP contribution in [-0.2, 0) is 4.79 Å². The van der Waals surface area contributed by atoms with E-state index in [1.165, 1.54) is 0 Å². The third kappa shape index (κ3) is 4.91. The normalized spacial score (nSPS) is 11.9. The molecule has 0 aromatic heterocycles. The van der Waals surface area contributed by atoms with Crippen molar-refractivity contribution in [1.29, 1.82) is 0 Å². The Morgan fingerprint density at radius 1 is 1.30 bits per heavy atom. The lowest BCUT2D eigenvalue weighted by atomic mass is 10.0. The van der Waals surface area contributed by atoms with Gasteiger partial charge in [-0.05, 0) is 37.3 Å². The Bertz CT molecular complexity index is 485. The van der Waals surface area contributed by atoms with Gasteiger partial charge in [0.15, 0.2) is 0 Å². The van der Waals surface area contributed by atoms with Gasteiger partial charge in [-0.15, -0.1) is 0 Å². The predicted molar refractivity (Wildman–Crippen MR) is 75.8 cm³/mol. The van der Waals surface area contributed by atoms with E-state index in [1.807, 2.05) is 6.92 Å². The van der Waals surface area contributed by atoms with Crippen LogP contribution < -0.4 is 5.32 Å². The molecule has 1 amide bonds. The minimum atomic E-state index is -0.800. The summed E-state index contributed by atoms with van der Waals surface area (Å²) in [6.07, 6.45) is 1.46. The largest absolute Gasteiger partial charge is 0.507 e. The van der Waals surface area contributed by atoms with Crippen molar-refractivity contribution in [1.82, 2.24) is 5.32 Å². The molecule has 5 nitrogen and oxygen atoms in total. The topological polar surface area (TPSA) is 86.6 Å². The van der Waals surface area contributed by atoms with Crippen molar-refractivity contribution < 1.29 is 19.8 Å². The van der Waals surface area contributed by atoms with E-state index in [2.05, 4.69) is 5.32 Å². The number of amides is 1. The van der Waals surface area contributed by atoms with Gasteiger partial charge >= 0.3 is 5.97 Å². The van der Waals surface area contributed by atoms with E-state index in [0.717, 1.165) is 0 Å². The molecule has 0 bridgehead atoms. The molecule has 5 heteroatoms. The Hall–Kier alpha value is -2.04.